The van der Waals surface area contributed by atoms with Crippen LogP contribution in [0, 0.1) is 0 Å². The molecule has 2 saturated heterocycles. The molecule has 2 fully saturated rings. The molecule has 0 bridgehead atoms. The molecule has 24 heavy (non-hydrogen) atoms. The number of aliphatic hydroxyl groups excluding tert-OH is 1. The summed E-state index contributed by atoms with van der Waals surface area (Å²) in [4.78, 5) is 18.1. The summed E-state index contributed by atoms with van der Waals surface area (Å²) in [6, 6.07) is 8.14. The van der Waals surface area contributed by atoms with E-state index in [9.17, 15) is 9.90 Å². The van der Waals surface area contributed by atoms with E-state index in [0.29, 0.717) is 19.5 Å². The van der Waals surface area contributed by atoms with E-state index in [1.165, 1.54) is 5.69 Å². The zero-order valence-electron chi connectivity index (χ0n) is 14.4. The highest BCUT2D eigenvalue weighted by Gasteiger charge is 2.25. The Labute approximate surface area is 143 Å². The number of hydrogen-bond acceptors (Lipinski definition) is 5. The second-order valence-electron chi connectivity index (χ2n) is 6.58. The Bertz CT molecular complexity index is 541. The molecule has 0 aromatic heterocycles. The van der Waals surface area contributed by atoms with Gasteiger partial charge in [0.1, 0.15) is 5.75 Å². The van der Waals surface area contributed by atoms with Gasteiger partial charge in [0, 0.05) is 57.9 Å². The van der Waals surface area contributed by atoms with Crippen LogP contribution in [0.1, 0.15) is 12.8 Å². The van der Waals surface area contributed by atoms with Crippen LogP contribution in [-0.4, -0.2) is 79.8 Å². The molecule has 1 N–H and O–H groups in total. The molecule has 132 valence electrons. The van der Waals surface area contributed by atoms with Gasteiger partial charge in [-0.1, -0.05) is 0 Å². The molecule has 2 heterocycles. The van der Waals surface area contributed by atoms with Crippen LogP contribution in [0.25, 0.3) is 0 Å². The number of β-amino-alcohol motifs (C(OH)–C–C–N with tert-alkyl or cyclic N) is 1. The summed E-state index contributed by atoms with van der Waals surface area (Å²) in [7, 11) is 1.68. The fourth-order valence-corrected chi connectivity index (χ4v) is 3.49. The number of amides is 1. The predicted octanol–water partition coefficient (Wildman–Crippen LogP) is 0.801. The average molecular weight is 333 g/mol. The Kier molecular flexibility index (Phi) is 5.58. The number of rotatable bonds is 6. The highest BCUT2D eigenvalue weighted by atomic mass is 16.5. The molecule has 1 unspecified atom stereocenters. The summed E-state index contributed by atoms with van der Waals surface area (Å²) in [5.74, 6) is 1.05. The van der Waals surface area contributed by atoms with Gasteiger partial charge < -0.3 is 19.6 Å². The summed E-state index contributed by atoms with van der Waals surface area (Å²) >= 11 is 0. The lowest BCUT2D eigenvalue weighted by molar-refractivity contribution is -0.129. The molecule has 1 atom stereocenters. The minimum Gasteiger partial charge on any atom is -0.497 e. The number of carbonyl (C=O) groups excluding carboxylic acids is 1. The van der Waals surface area contributed by atoms with Gasteiger partial charge in [0.2, 0.25) is 5.91 Å². The molecule has 1 amide bonds. The van der Waals surface area contributed by atoms with Crippen molar-refractivity contribution in [1.82, 2.24) is 9.80 Å². The first-order valence-electron chi connectivity index (χ1n) is 8.73. The van der Waals surface area contributed by atoms with Crippen LogP contribution in [-0.2, 0) is 4.79 Å². The number of piperazine rings is 1. The van der Waals surface area contributed by atoms with Crippen LogP contribution in [0.5, 0.6) is 5.75 Å². The monoisotopic (exact) mass is 333 g/mol. The summed E-state index contributed by atoms with van der Waals surface area (Å²) in [5.41, 5.74) is 1.21. The lowest BCUT2D eigenvalue weighted by atomic mass is 10.2. The second kappa shape index (κ2) is 7.85. The Morgan fingerprint density at radius 2 is 1.79 bits per heavy atom. The molecule has 0 aliphatic carbocycles. The smallest absolute Gasteiger partial charge is 0.222 e. The highest BCUT2D eigenvalue weighted by Crippen LogP contribution is 2.20. The second-order valence-corrected chi connectivity index (χ2v) is 6.58. The van der Waals surface area contributed by atoms with Crippen molar-refractivity contribution in [2.45, 2.75) is 18.9 Å². The third-order valence-corrected chi connectivity index (χ3v) is 4.88. The molecule has 0 spiro atoms. The van der Waals surface area contributed by atoms with Gasteiger partial charge >= 0.3 is 0 Å². The van der Waals surface area contributed by atoms with Crippen molar-refractivity contribution in [3.63, 3.8) is 0 Å². The molecule has 0 radical (unpaired) electrons. The van der Waals surface area contributed by atoms with E-state index in [1.54, 1.807) is 12.0 Å². The van der Waals surface area contributed by atoms with Crippen molar-refractivity contribution >= 4 is 11.6 Å². The first kappa shape index (κ1) is 17.0. The van der Waals surface area contributed by atoms with Gasteiger partial charge in [-0.15, -0.1) is 0 Å². The maximum Gasteiger partial charge on any atom is 0.222 e. The van der Waals surface area contributed by atoms with Gasteiger partial charge in [0.15, 0.2) is 0 Å². The van der Waals surface area contributed by atoms with Crippen LogP contribution >= 0.6 is 0 Å². The zero-order valence-corrected chi connectivity index (χ0v) is 14.4. The Morgan fingerprint density at radius 3 is 2.38 bits per heavy atom. The van der Waals surface area contributed by atoms with Crippen LogP contribution in [0.2, 0.25) is 0 Å². The number of aliphatic hydroxyl groups is 1. The number of carbonyl (C=O) groups is 1. The van der Waals surface area contributed by atoms with Gasteiger partial charge in [-0.25, -0.2) is 0 Å². The van der Waals surface area contributed by atoms with E-state index >= 15 is 0 Å². The summed E-state index contributed by atoms with van der Waals surface area (Å²) in [6.45, 7) is 5.65. The van der Waals surface area contributed by atoms with Crippen molar-refractivity contribution in [3.8, 4) is 5.75 Å². The van der Waals surface area contributed by atoms with Crippen LogP contribution in [0.3, 0.4) is 0 Å². The largest absolute Gasteiger partial charge is 0.497 e. The van der Waals surface area contributed by atoms with Crippen molar-refractivity contribution < 1.29 is 14.6 Å². The number of nitrogens with zero attached hydrogens (tertiary/aromatic N) is 3. The fraction of sp³-hybridized carbons (Fsp3) is 0.611. The maximum atomic E-state index is 11.6. The Morgan fingerprint density at radius 1 is 1.08 bits per heavy atom. The summed E-state index contributed by atoms with van der Waals surface area (Å²) < 4.78 is 5.20. The third kappa shape index (κ3) is 4.19. The lowest BCUT2D eigenvalue weighted by Gasteiger charge is -2.37. The van der Waals surface area contributed by atoms with Crippen molar-refractivity contribution in [2.75, 3.05) is 57.8 Å². The quantitative estimate of drug-likeness (QED) is 0.835. The van der Waals surface area contributed by atoms with Crippen molar-refractivity contribution in [3.05, 3.63) is 24.3 Å². The number of hydrogen-bond donors (Lipinski definition) is 1. The molecule has 6 heteroatoms. The van der Waals surface area contributed by atoms with Gasteiger partial charge in [-0.2, -0.15) is 0 Å². The molecular formula is C18H27N3O3. The number of anilines is 1. The van der Waals surface area contributed by atoms with E-state index in [4.69, 9.17) is 4.74 Å². The highest BCUT2D eigenvalue weighted by molar-refractivity contribution is 5.78. The zero-order chi connectivity index (χ0) is 16.9. The van der Waals surface area contributed by atoms with Gasteiger partial charge in [-0.3, -0.25) is 9.69 Å². The normalized spacial score (nSPS) is 20.5. The van der Waals surface area contributed by atoms with E-state index < -0.39 is 6.10 Å². The van der Waals surface area contributed by atoms with Crippen LogP contribution < -0.4 is 9.64 Å². The molecule has 6 nitrogen and oxygen atoms in total. The van der Waals surface area contributed by atoms with E-state index in [2.05, 4.69) is 21.9 Å². The van der Waals surface area contributed by atoms with Gasteiger partial charge in [-0.05, 0) is 30.7 Å². The lowest BCUT2D eigenvalue weighted by Crippen LogP contribution is -2.50. The van der Waals surface area contributed by atoms with E-state index in [1.807, 2.05) is 12.1 Å². The molecule has 0 saturated carbocycles. The van der Waals surface area contributed by atoms with Crippen LogP contribution in [0.15, 0.2) is 24.3 Å². The maximum absolute atomic E-state index is 11.6. The summed E-state index contributed by atoms with van der Waals surface area (Å²) in [6.07, 6.45) is 1.10. The topological polar surface area (TPSA) is 56.2 Å². The number of benzene rings is 1. The van der Waals surface area contributed by atoms with Gasteiger partial charge in [0.25, 0.3) is 0 Å². The minimum absolute atomic E-state index is 0.179. The third-order valence-electron chi connectivity index (χ3n) is 4.88. The number of methoxy groups -OCH3 is 1. The standard InChI is InChI=1S/C18H27N3O3/c1-24-17-6-4-15(5-7-17)20-11-9-19(10-12-20)13-16(22)14-21-8-2-3-18(21)23/h4-7,16,22H,2-3,8-14H2,1H3. The molecule has 2 aliphatic rings. The Balaban J connectivity index is 1.43. The molecule has 1 aromatic rings. The van der Waals surface area contributed by atoms with Gasteiger partial charge in [0.05, 0.1) is 13.2 Å². The summed E-state index contributed by atoms with van der Waals surface area (Å²) in [5, 5.41) is 10.3. The van der Waals surface area contributed by atoms with Crippen molar-refractivity contribution in [1.29, 1.82) is 0 Å². The molecule has 1 aromatic carbocycles. The molecule has 2 aliphatic heterocycles. The molecule has 3 rings (SSSR count). The average Bonchev–Trinajstić information content (AvgIpc) is 3.00. The fourth-order valence-electron chi connectivity index (χ4n) is 3.49. The first-order chi connectivity index (χ1) is 11.7. The SMILES string of the molecule is COc1ccc(N2CCN(CC(O)CN3CCCC3=O)CC2)cc1. The van der Waals surface area contributed by atoms with Crippen LogP contribution in [0.4, 0.5) is 5.69 Å². The minimum atomic E-state index is -0.459. The predicted molar refractivity (Wildman–Crippen MR) is 93.5 cm³/mol. The number of likely N-dealkylation sites (tertiary alicyclic amines) is 1. The first-order valence-corrected chi connectivity index (χ1v) is 8.73. The van der Waals surface area contributed by atoms with E-state index in [-0.39, 0.29) is 5.91 Å². The number of ether oxygens (including phenoxy) is 1. The van der Waals surface area contributed by atoms with E-state index in [0.717, 1.165) is 44.9 Å². The Hall–Kier alpha value is -1.79. The molecular weight excluding hydrogens is 306 g/mol. The van der Waals surface area contributed by atoms with Crippen molar-refractivity contribution in [2.24, 2.45) is 0 Å².